The number of hydrogen-bond donors (Lipinski definition) is 1. The minimum atomic E-state index is 0.132. The van der Waals surface area contributed by atoms with Crippen LogP contribution in [0.15, 0.2) is 28.7 Å². The van der Waals surface area contributed by atoms with Crippen molar-refractivity contribution in [1.29, 1.82) is 0 Å². The molecule has 1 aromatic rings. The number of likely N-dealkylation sites (N-methyl/N-ethyl adjacent to an activating group) is 1. The first-order valence-electron chi connectivity index (χ1n) is 5.44. The summed E-state index contributed by atoms with van der Waals surface area (Å²) in [5.41, 5.74) is 0.962. The molecule has 0 spiro atoms. The molecule has 3 nitrogen and oxygen atoms in total. The van der Waals surface area contributed by atoms with Crippen LogP contribution in [0.3, 0.4) is 0 Å². The Bertz CT molecular complexity index is 333. The molecule has 0 saturated heterocycles. The summed E-state index contributed by atoms with van der Waals surface area (Å²) >= 11 is 3.37. The fourth-order valence-corrected chi connectivity index (χ4v) is 1.70. The van der Waals surface area contributed by atoms with E-state index < -0.39 is 0 Å². The van der Waals surface area contributed by atoms with E-state index in [1.807, 2.05) is 43.0 Å². The van der Waals surface area contributed by atoms with Gasteiger partial charge in [-0.15, -0.1) is 0 Å². The highest BCUT2D eigenvalue weighted by atomic mass is 79.9. The molecule has 1 N–H and O–H groups in total. The van der Waals surface area contributed by atoms with Gasteiger partial charge in [-0.1, -0.05) is 15.9 Å². The zero-order chi connectivity index (χ0) is 12.0. The van der Waals surface area contributed by atoms with Crippen molar-refractivity contribution >= 4 is 27.5 Å². The molecule has 0 aliphatic carbocycles. The summed E-state index contributed by atoms with van der Waals surface area (Å²) in [6.45, 7) is 5.85. The van der Waals surface area contributed by atoms with Gasteiger partial charge < -0.3 is 10.2 Å². The summed E-state index contributed by atoms with van der Waals surface area (Å²) in [5, 5.41) is 3.11. The van der Waals surface area contributed by atoms with E-state index in [-0.39, 0.29) is 5.91 Å². The smallest absolute Gasteiger partial charge is 0.241 e. The van der Waals surface area contributed by atoms with E-state index in [4.69, 9.17) is 0 Å². The number of nitrogens with one attached hydrogen (secondary N) is 1. The zero-order valence-corrected chi connectivity index (χ0v) is 11.3. The van der Waals surface area contributed by atoms with Crippen LogP contribution in [0.5, 0.6) is 0 Å². The molecule has 1 rings (SSSR count). The van der Waals surface area contributed by atoms with Crippen molar-refractivity contribution in [2.24, 2.45) is 0 Å². The first-order valence-corrected chi connectivity index (χ1v) is 6.23. The molecular formula is C12H17BrN2O. The average Bonchev–Trinajstić information content (AvgIpc) is 2.30. The van der Waals surface area contributed by atoms with Crippen LogP contribution in [0.1, 0.15) is 13.8 Å². The lowest BCUT2D eigenvalue weighted by Gasteiger charge is -2.19. The summed E-state index contributed by atoms with van der Waals surface area (Å²) in [6.07, 6.45) is 0. The summed E-state index contributed by atoms with van der Waals surface area (Å²) in [7, 11) is 0. The van der Waals surface area contributed by atoms with Gasteiger partial charge in [0.05, 0.1) is 6.54 Å². The predicted octanol–water partition coefficient (Wildman–Crippen LogP) is 2.73. The largest absolute Gasteiger partial charge is 0.376 e. The number of amides is 1. The third-order valence-electron chi connectivity index (χ3n) is 2.40. The zero-order valence-electron chi connectivity index (χ0n) is 9.66. The van der Waals surface area contributed by atoms with Crippen molar-refractivity contribution in [1.82, 2.24) is 4.90 Å². The lowest BCUT2D eigenvalue weighted by atomic mass is 10.3. The Labute approximate surface area is 105 Å². The molecule has 0 aliphatic rings. The van der Waals surface area contributed by atoms with Crippen molar-refractivity contribution in [3.63, 3.8) is 0 Å². The second-order valence-electron chi connectivity index (χ2n) is 3.43. The Morgan fingerprint density at radius 1 is 1.25 bits per heavy atom. The summed E-state index contributed by atoms with van der Waals surface area (Å²) < 4.78 is 1.04. The fraction of sp³-hybridized carbons (Fsp3) is 0.417. The molecule has 16 heavy (non-hydrogen) atoms. The predicted molar refractivity (Wildman–Crippen MR) is 70.6 cm³/mol. The number of carbonyl (C=O) groups excluding carboxylic acids is 1. The average molecular weight is 285 g/mol. The number of nitrogens with zero attached hydrogens (tertiary/aromatic N) is 1. The van der Waals surface area contributed by atoms with Crippen molar-refractivity contribution in [2.45, 2.75) is 13.8 Å². The monoisotopic (exact) mass is 284 g/mol. The van der Waals surface area contributed by atoms with Crippen LogP contribution in [-0.4, -0.2) is 30.4 Å². The molecule has 0 bridgehead atoms. The quantitative estimate of drug-likeness (QED) is 0.902. The molecule has 4 heteroatoms. The van der Waals surface area contributed by atoms with Crippen LogP contribution in [0.2, 0.25) is 0 Å². The number of carbonyl (C=O) groups is 1. The van der Waals surface area contributed by atoms with Gasteiger partial charge in [0.25, 0.3) is 0 Å². The second kappa shape index (κ2) is 6.53. The minimum absolute atomic E-state index is 0.132. The van der Waals surface area contributed by atoms with Crippen LogP contribution >= 0.6 is 15.9 Å². The van der Waals surface area contributed by atoms with Crippen molar-refractivity contribution < 1.29 is 4.79 Å². The van der Waals surface area contributed by atoms with Gasteiger partial charge in [0, 0.05) is 23.2 Å². The summed E-state index contributed by atoms with van der Waals surface area (Å²) in [6, 6.07) is 7.79. The first kappa shape index (κ1) is 13.0. The maximum Gasteiger partial charge on any atom is 0.241 e. The molecule has 0 fully saturated rings. The lowest BCUT2D eigenvalue weighted by Crippen LogP contribution is -2.35. The van der Waals surface area contributed by atoms with Gasteiger partial charge in [-0.05, 0) is 38.1 Å². The second-order valence-corrected chi connectivity index (χ2v) is 4.34. The van der Waals surface area contributed by atoms with Gasteiger partial charge >= 0.3 is 0 Å². The molecular weight excluding hydrogens is 268 g/mol. The number of hydrogen-bond acceptors (Lipinski definition) is 2. The number of rotatable bonds is 5. The number of halogens is 1. The standard InChI is InChI=1S/C12H17BrN2O/c1-3-15(4-2)12(16)9-14-11-7-5-10(13)6-8-11/h5-8,14H,3-4,9H2,1-2H3. The first-order chi connectivity index (χ1) is 7.67. The molecule has 0 aliphatic heterocycles. The molecule has 1 aromatic carbocycles. The Balaban J connectivity index is 2.45. The van der Waals surface area contributed by atoms with E-state index in [9.17, 15) is 4.79 Å². The SMILES string of the molecule is CCN(CC)C(=O)CNc1ccc(Br)cc1. The minimum Gasteiger partial charge on any atom is -0.376 e. The van der Waals surface area contributed by atoms with Gasteiger partial charge in [-0.3, -0.25) is 4.79 Å². The molecule has 0 atom stereocenters. The van der Waals surface area contributed by atoms with Gasteiger partial charge in [0.1, 0.15) is 0 Å². The van der Waals surface area contributed by atoms with Crippen LogP contribution in [0.25, 0.3) is 0 Å². The van der Waals surface area contributed by atoms with E-state index in [1.54, 1.807) is 0 Å². The number of anilines is 1. The van der Waals surface area contributed by atoms with E-state index in [2.05, 4.69) is 21.2 Å². The highest BCUT2D eigenvalue weighted by Gasteiger charge is 2.08. The molecule has 1 amide bonds. The van der Waals surface area contributed by atoms with E-state index >= 15 is 0 Å². The highest BCUT2D eigenvalue weighted by molar-refractivity contribution is 9.10. The van der Waals surface area contributed by atoms with E-state index in [1.165, 1.54) is 0 Å². The van der Waals surface area contributed by atoms with Gasteiger partial charge in [-0.25, -0.2) is 0 Å². The van der Waals surface area contributed by atoms with Crippen LogP contribution < -0.4 is 5.32 Å². The third-order valence-corrected chi connectivity index (χ3v) is 2.93. The van der Waals surface area contributed by atoms with Crippen LogP contribution in [0.4, 0.5) is 5.69 Å². The summed E-state index contributed by atoms with van der Waals surface area (Å²) in [4.78, 5) is 13.5. The lowest BCUT2D eigenvalue weighted by molar-refractivity contribution is -0.128. The molecule has 88 valence electrons. The Kier molecular flexibility index (Phi) is 5.32. The molecule has 0 aromatic heterocycles. The van der Waals surface area contributed by atoms with Crippen molar-refractivity contribution in [3.05, 3.63) is 28.7 Å². The van der Waals surface area contributed by atoms with Crippen molar-refractivity contribution in [3.8, 4) is 0 Å². The Hall–Kier alpha value is -1.03. The Morgan fingerprint density at radius 3 is 2.31 bits per heavy atom. The van der Waals surface area contributed by atoms with E-state index in [0.29, 0.717) is 6.54 Å². The highest BCUT2D eigenvalue weighted by Crippen LogP contribution is 2.13. The third kappa shape index (κ3) is 3.85. The molecule has 0 heterocycles. The van der Waals surface area contributed by atoms with Crippen LogP contribution in [-0.2, 0) is 4.79 Å². The Morgan fingerprint density at radius 2 is 1.81 bits per heavy atom. The summed E-state index contributed by atoms with van der Waals surface area (Å²) in [5.74, 6) is 0.132. The molecule has 0 saturated carbocycles. The normalized spacial score (nSPS) is 9.94. The van der Waals surface area contributed by atoms with Crippen LogP contribution in [0, 0.1) is 0 Å². The maximum atomic E-state index is 11.7. The number of benzene rings is 1. The topological polar surface area (TPSA) is 32.3 Å². The maximum absolute atomic E-state index is 11.7. The van der Waals surface area contributed by atoms with E-state index in [0.717, 1.165) is 23.2 Å². The van der Waals surface area contributed by atoms with Gasteiger partial charge in [-0.2, -0.15) is 0 Å². The molecule has 0 radical (unpaired) electrons. The fourth-order valence-electron chi connectivity index (χ4n) is 1.43. The van der Waals surface area contributed by atoms with Crippen molar-refractivity contribution in [2.75, 3.05) is 25.0 Å². The molecule has 0 unspecified atom stereocenters. The van der Waals surface area contributed by atoms with Gasteiger partial charge in [0.2, 0.25) is 5.91 Å². The van der Waals surface area contributed by atoms with Gasteiger partial charge in [0.15, 0.2) is 0 Å².